The first-order valence-corrected chi connectivity index (χ1v) is 7.30. The summed E-state index contributed by atoms with van der Waals surface area (Å²) in [6.45, 7) is 0. The van der Waals surface area contributed by atoms with Gasteiger partial charge in [-0.15, -0.1) is 0 Å². The number of carbonyl (C=O) groups is 1. The third-order valence-corrected chi connectivity index (χ3v) is 3.79. The maximum Gasteiger partial charge on any atom is 0.238 e. The summed E-state index contributed by atoms with van der Waals surface area (Å²) < 4.78 is 14.2. The Morgan fingerprint density at radius 2 is 1.86 bits per heavy atom. The average Bonchev–Trinajstić information content (AvgIpc) is 2.44. The number of hydrogen-bond acceptors (Lipinski definition) is 2. The largest absolute Gasteiger partial charge is 0.392 e. The minimum absolute atomic E-state index is 0.0335. The van der Waals surface area contributed by atoms with Crippen LogP contribution < -0.4 is 11.1 Å². The van der Waals surface area contributed by atoms with Gasteiger partial charge in [0.25, 0.3) is 0 Å². The Kier molecular flexibility index (Phi) is 5.03. The Bertz CT molecular complexity index is 658. The molecule has 6 heteroatoms. The Labute approximate surface area is 135 Å². The Morgan fingerprint density at radius 3 is 2.43 bits per heavy atom. The van der Waals surface area contributed by atoms with Crippen LogP contribution in [0.1, 0.15) is 11.5 Å². The molecular weight excluding hydrogens is 355 g/mol. The summed E-state index contributed by atoms with van der Waals surface area (Å²) in [6, 6.07) is 13.3. The predicted octanol–water partition coefficient (Wildman–Crippen LogP) is 3.60. The summed E-state index contributed by atoms with van der Waals surface area (Å²) in [5.41, 5.74) is 6.40. The second-order valence-corrected chi connectivity index (χ2v) is 5.66. The van der Waals surface area contributed by atoms with Gasteiger partial charge < -0.3 is 11.1 Å². The first kappa shape index (κ1) is 15.6. The lowest BCUT2D eigenvalue weighted by molar-refractivity contribution is -0.116. The number of nitrogens with one attached hydrogen (secondary N) is 1. The first-order valence-electron chi connectivity index (χ1n) is 6.10. The molecule has 0 aromatic heterocycles. The topological polar surface area (TPSA) is 55.1 Å². The summed E-state index contributed by atoms with van der Waals surface area (Å²) in [5.74, 6) is -1.82. The van der Waals surface area contributed by atoms with Gasteiger partial charge in [0.15, 0.2) is 0 Å². The van der Waals surface area contributed by atoms with Crippen LogP contribution in [0.2, 0.25) is 0 Å². The van der Waals surface area contributed by atoms with E-state index in [2.05, 4.69) is 21.2 Å². The zero-order valence-corrected chi connectivity index (χ0v) is 13.2. The van der Waals surface area contributed by atoms with E-state index in [0.29, 0.717) is 10.0 Å². The maximum absolute atomic E-state index is 13.8. The summed E-state index contributed by atoms with van der Waals surface area (Å²) in [4.78, 5) is 12.4. The van der Waals surface area contributed by atoms with Crippen LogP contribution in [-0.4, -0.2) is 10.9 Å². The van der Waals surface area contributed by atoms with Crippen molar-refractivity contribution in [2.45, 2.75) is 5.92 Å². The molecule has 0 aliphatic heterocycles. The standard InChI is InChI=1S/C15H12BrFN2OS/c16-10-7-4-8-11(17)13(10)19-15(20)12(14(18)21)9-5-2-1-3-6-9/h1-8,12H,(H2,18,21)(H,19,20). The zero-order chi connectivity index (χ0) is 15.4. The highest BCUT2D eigenvalue weighted by molar-refractivity contribution is 9.10. The quantitative estimate of drug-likeness (QED) is 0.812. The number of amides is 1. The average molecular weight is 367 g/mol. The van der Waals surface area contributed by atoms with Crippen molar-refractivity contribution >= 4 is 44.7 Å². The lowest BCUT2D eigenvalue weighted by Crippen LogP contribution is -2.31. The smallest absolute Gasteiger partial charge is 0.238 e. The number of anilines is 1. The molecule has 1 amide bonds. The predicted molar refractivity (Wildman–Crippen MR) is 88.7 cm³/mol. The fourth-order valence-corrected chi connectivity index (χ4v) is 2.59. The molecule has 108 valence electrons. The van der Waals surface area contributed by atoms with Crippen LogP contribution in [0, 0.1) is 5.82 Å². The molecule has 0 saturated carbocycles. The molecule has 2 rings (SSSR count). The number of thiocarbonyl (C=S) groups is 1. The van der Waals surface area contributed by atoms with Crippen LogP contribution in [0.4, 0.5) is 10.1 Å². The third-order valence-electron chi connectivity index (χ3n) is 2.89. The highest BCUT2D eigenvalue weighted by Gasteiger charge is 2.24. The molecule has 1 unspecified atom stereocenters. The molecule has 0 spiro atoms. The maximum atomic E-state index is 13.8. The zero-order valence-electron chi connectivity index (χ0n) is 10.8. The second kappa shape index (κ2) is 6.78. The molecule has 0 radical (unpaired) electrons. The Morgan fingerprint density at radius 1 is 1.19 bits per heavy atom. The molecule has 21 heavy (non-hydrogen) atoms. The molecule has 0 bridgehead atoms. The van der Waals surface area contributed by atoms with E-state index in [-0.39, 0.29) is 10.7 Å². The molecule has 1 atom stereocenters. The van der Waals surface area contributed by atoms with E-state index in [4.69, 9.17) is 18.0 Å². The number of halogens is 2. The second-order valence-electron chi connectivity index (χ2n) is 4.33. The molecule has 0 fully saturated rings. The fraction of sp³-hybridized carbons (Fsp3) is 0.0667. The van der Waals surface area contributed by atoms with Gasteiger partial charge in [0.05, 0.1) is 10.7 Å². The lowest BCUT2D eigenvalue weighted by Gasteiger charge is -2.17. The van der Waals surface area contributed by atoms with Gasteiger partial charge in [-0.1, -0.05) is 48.6 Å². The lowest BCUT2D eigenvalue weighted by atomic mass is 9.98. The van der Waals surface area contributed by atoms with Gasteiger partial charge in [0.2, 0.25) is 5.91 Å². The van der Waals surface area contributed by atoms with E-state index in [1.54, 1.807) is 30.3 Å². The van der Waals surface area contributed by atoms with Crippen LogP contribution >= 0.6 is 28.1 Å². The van der Waals surface area contributed by atoms with Crippen molar-refractivity contribution in [2.75, 3.05) is 5.32 Å². The Balaban J connectivity index is 2.31. The van der Waals surface area contributed by atoms with Gasteiger partial charge in [-0.2, -0.15) is 0 Å². The van der Waals surface area contributed by atoms with E-state index in [9.17, 15) is 9.18 Å². The Hall–Kier alpha value is -1.79. The normalized spacial score (nSPS) is 11.7. The van der Waals surface area contributed by atoms with Gasteiger partial charge in [0.1, 0.15) is 11.7 Å². The molecule has 3 nitrogen and oxygen atoms in total. The third kappa shape index (κ3) is 3.65. The van der Waals surface area contributed by atoms with E-state index in [1.165, 1.54) is 12.1 Å². The molecule has 3 N–H and O–H groups in total. The summed E-state index contributed by atoms with van der Waals surface area (Å²) in [7, 11) is 0. The fourth-order valence-electron chi connectivity index (χ4n) is 1.90. The van der Waals surface area contributed by atoms with Crippen molar-refractivity contribution in [3.05, 3.63) is 64.4 Å². The first-order chi connectivity index (χ1) is 10.0. The highest BCUT2D eigenvalue weighted by atomic mass is 79.9. The van der Waals surface area contributed by atoms with Gasteiger partial charge in [-0.3, -0.25) is 4.79 Å². The van der Waals surface area contributed by atoms with E-state index >= 15 is 0 Å². The van der Waals surface area contributed by atoms with Crippen molar-refractivity contribution in [3.8, 4) is 0 Å². The van der Waals surface area contributed by atoms with Crippen LogP contribution in [0.15, 0.2) is 53.0 Å². The monoisotopic (exact) mass is 366 g/mol. The molecule has 0 heterocycles. The minimum Gasteiger partial charge on any atom is -0.392 e. The van der Waals surface area contributed by atoms with E-state index < -0.39 is 17.6 Å². The SMILES string of the molecule is NC(=S)C(C(=O)Nc1c(F)cccc1Br)c1ccccc1. The molecule has 0 saturated heterocycles. The summed E-state index contributed by atoms with van der Waals surface area (Å²) in [6.07, 6.45) is 0. The molecule has 0 aliphatic carbocycles. The minimum atomic E-state index is -0.812. The van der Waals surface area contributed by atoms with E-state index in [1.807, 2.05) is 6.07 Å². The number of hydrogen-bond donors (Lipinski definition) is 2. The molecule has 0 aliphatic rings. The van der Waals surface area contributed by atoms with Gasteiger partial charge in [0, 0.05) is 4.47 Å². The van der Waals surface area contributed by atoms with Crippen LogP contribution in [-0.2, 0) is 4.79 Å². The van der Waals surface area contributed by atoms with E-state index in [0.717, 1.165) is 0 Å². The van der Waals surface area contributed by atoms with Gasteiger partial charge in [-0.25, -0.2) is 4.39 Å². The highest BCUT2D eigenvalue weighted by Crippen LogP contribution is 2.27. The molecular formula is C15H12BrFN2OS. The number of carbonyl (C=O) groups excluding carboxylic acids is 1. The van der Waals surface area contributed by atoms with Crippen molar-refractivity contribution in [2.24, 2.45) is 5.73 Å². The van der Waals surface area contributed by atoms with Crippen molar-refractivity contribution < 1.29 is 9.18 Å². The van der Waals surface area contributed by atoms with Crippen LogP contribution in [0.25, 0.3) is 0 Å². The molecule has 2 aromatic rings. The van der Waals surface area contributed by atoms with Crippen LogP contribution in [0.5, 0.6) is 0 Å². The molecule has 2 aromatic carbocycles. The van der Waals surface area contributed by atoms with Crippen molar-refractivity contribution in [1.29, 1.82) is 0 Å². The number of nitrogens with two attached hydrogens (primary N) is 1. The number of benzene rings is 2. The van der Waals surface area contributed by atoms with Gasteiger partial charge >= 0.3 is 0 Å². The van der Waals surface area contributed by atoms with Crippen LogP contribution in [0.3, 0.4) is 0 Å². The number of para-hydroxylation sites is 1. The summed E-state index contributed by atoms with van der Waals surface area (Å²) in [5, 5.41) is 2.53. The van der Waals surface area contributed by atoms with Crippen molar-refractivity contribution in [3.63, 3.8) is 0 Å². The van der Waals surface area contributed by atoms with Gasteiger partial charge in [-0.05, 0) is 33.6 Å². The number of rotatable bonds is 4. The van der Waals surface area contributed by atoms with Crippen molar-refractivity contribution in [1.82, 2.24) is 0 Å². The summed E-state index contributed by atoms with van der Waals surface area (Å²) >= 11 is 8.17.